The maximum atomic E-state index is 11.8. The molecule has 9 nitrogen and oxygen atoms in total. The number of nitrogens with zero attached hydrogens (tertiary/aromatic N) is 3. The molecule has 0 saturated carbocycles. The molecule has 1 aliphatic rings. The summed E-state index contributed by atoms with van der Waals surface area (Å²) in [6, 6.07) is 0.0210. The monoisotopic (exact) mass is 268 g/mol. The number of rotatable bonds is 4. The molecule has 1 aliphatic heterocycles. The Morgan fingerprint density at radius 1 is 1.37 bits per heavy atom. The highest BCUT2D eigenvalue weighted by Crippen LogP contribution is 2.11. The van der Waals surface area contributed by atoms with Gasteiger partial charge in [-0.3, -0.25) is 14.5 Å². The number of hydrogen-bond donors (Lipinski definition) is 3. The third kappa shape index (κ3) is 3.41. The smallest absolute Gasteiger partial charge is 0.277 e. The van der Waals surface area contributed by atoms with Gasteiger partial charge in [0.05, 0.1) is 6.54 Å². The molecule has 0 radical (unpaired) electrons. The van der Waals surface area contributed by atoms with Crippen LogP contribution in [0.15, 0.2) is 4.63 Å². The minimum absolute atomic E-state index is 0.000402. The summed E-state index contributed by atoms with van der Waals surface area (Å²) in [5.74, 6) is -0.764. The van der Waals surface area contributed by atoms with Crippen molar-refractivity contribution >= 4 is 17.6 Å². The molecule has 2 heterocycles. The highest BCUT2D eigenvalue weighted by molar-refractivity contribution is 5.96. The summed E-state index contributed by atoms with van der Waals surface area (Å²) in [5, 5.41) is 9.60. The summed E-state index contributed by atoms with van der Waals surface area (Å²) in [4.78, 5) is 24.6. The SMILES string of the molecule is NC(=O)CN1CCC(NC(=O)c2nonc2N)CC1. The maximum Gasteiger partial charge on any atom is 0.277 e. The van der Waals surface area contributed by atoms with Crippen molar-refractivity contribution in [2.75, 3.05) is 25.4 Å². The number of nitrogen functional groups attached to an aromatic ring is 1. The number of likely N-dealkylation sites (tertiary alicyclic amines) is 1. The van der Waals surface area contributed by atoms with Crippen LogP contribution in [0.4, 0.5) is 5.82 Å². The van der Waals surface area contributed by atoms with Gasteiger partial charge in [-0.1, -0.05) is 0 Å². The van der Waals surface area contributed by atoms with Crippen molar-refractivity contribution in [1.29, 1.82) is 0 Å². The molecule has 0 bridgehead atoms. The molecule has 2 rings (SSSR count). The first-order valence-corrected chi connectivity index (χ1v) is 5.96. The van der Waals surface area contributed by atoms with Crippen molar-refractivity contribution in [1.82, 2.24) is 20.5 Å². The van der Waals surface area contributed by atoms with E-state index >= 15 is 0 Å². The predicted molar refractivity (Wildman–Crippen MR) is 64.8 cm³/mol. The Morgan fingerprint density at radius 3 is 2.58 bits per heavy atom. The molecule has 0 aliphatic carbocycles. The Hall–Kier alpha value is -2.16. The van der Waals surface area contributed by atoms with Crippen LogP contribution in [0.1, 0.15) is 23.3 Å². The second kappa shape index (κ2) is 5.65. The van der Waals surface area contributed by atoms with Gasteiger partial charge in [0.2, 0.25) is 17.4 Å². The molecule has 1 aromatic heterocycles. The fraction of sp³-hybridized carbons (Fsp3) is 0.600. The van der Waals surface area contributed by atoms with E-state index in [-0.39, 0.29) is 30.0 Å². The summed E-state index contributed by atoms with van der Waals surface area (Å²) in [6.45, 7) is 1.67. The zero-order valence-electron chi connectivity index (χ0n) is 10.3. The van der Waals surface area contributed by atoms with Crippen LogP contribution >= 0.6 is 0 Å². The van der Waals surface area contributed by atoms with Crippen LogP contribution in [0.2, 0.25) is 0 Å². The van der Waals surface area contributed by atoms with E-state index in [0.717, 1.165) is 12.8 Å². The van der Waals surface area contributed by atoms with Crippen LogP contribution in [-0.4, -0.2) is 52.7 Å². The van der Waals surface area contributed by atoms with Crippen LogP contribution in [-0.2, 0) is 4.79 Å². The summed E-state index contributed by atoms with van der Waals surface area (Å²) in [5.41, 5.74) is 10.6. The van der Waals surface area contributed by atoms with Gasteiger partial charge < -0.3 is 16.8 Å². The number of piperidine rings is 1. The van der Waals surface area contributed by atoms with Gasteiger partial charge in [0.15, 0.2) is 0 Å². The molecular formula is C10H16N6O3. The molecule has 2 amide bonds. The van der Waals surface area contributed by atoms with Crippen LogP contribution in [0.5, 0.6) is 0 Å². The fourth-order valence-corrected chi connectivity index (χ4v) is 2.06. The van der Waals surface area contributed by atoms with Gasteiger partial charge in [0.1, 0.15) is 0 Å². The summed E-state index contributed by atoms with van der Waals surface area (Å²) in [7, 11) is 0. The molecule has 1 fully saturated rings. The van der Waals surface area contributed by atoms with Gasteiger partial charge in [-0.15, -0.1) is 0 Å². The predicted octanol–water partition coefficient (Wildman–Crippen LogP) is -1.67. The highest BCUT2D eigenvalue weighted by atomic mass is 16.6. The van der Waals surface area contributed by atoms with E-state index in [9.17, 15) is 9.59 Å². The highest BCUT2D eigenvalue weighted by Gasteiger charge is 2.24. The van der Waals surface area contributed by atoms with Crippen molar-refractivity contribution in [3.8, 4) is 0 Å². The first-order valence-electron chi connectivity index (χ1n) is 5.96. The third-order valence-corrected chi connectivity index (χ3v) is 3.03. The normalized spacial score (nSPS) is 17.3. The van der Waals surface area contributed by atoms with E-state index in [1.807, 2.05) is 4.90 Å². The first kappa shape index (κ1) is 13.3. The second-order valence-corrected chi connectivity index (χ2v) is 4.49. The Labute approximate surface area is 109 Å². The van der Waals surface area contributed by atoms with Gasteiger partial charge in [0.25, 0.3) is 5.91 Å². The van der Waals surface area contributed by atoms with Gasteiger partial charge in [0, 0.05) is 19.1 Å². The van der Waals surface area contributed by atoms with E-state index in [2.05, 4.69) is 20.3 Å². The Morgan fingerprint density at radius 2 is 2.05 bits per heavy atom. The molecule has 0 spiro atoms. The molecule has 104 valence electrons. The molecule has 0 aromatic carbocycles. The average Bonchev–Trinajstić information content (AvgIpc) is 2.77. The number of anilines is 1. The number of nitrogens with one attached hydrogen (secondary N) is 1. The van der Waals surface area contributed by atoms with E-state index in [1.165, 1.54) is 0 Å². The zero-order valence-corrected chi connectivity index (χ0v) is 10.3. The number of aromatic nitrogens is 2. The van der Waals surface area contributed by atoms with Crippen molar-refractivity contribution in [2.24, 2.45) is 5.73 Å². The van der Waals surface area contributed by atoms with E-state index < -0.39 is 5.91 Å². The van der Waals surface area contributed by atoms with E-state index in [0.29, 0.717) is 13.1 Å². The second-order valence-electron chi connectivity index (χ2n) is 4.49. The lowest BCUT2D eigenvalue weighted by molar-refractivity contribution is -0.119. The zero-order chi connectivity index (χ0) is 13.8. The van der Waals surface area contributed by atoms with Gasteiger partial charge >= 0.3 is 0 Å². The Kier molecular flexibility index (Phi) is 3.95. The summed E-state index contributed by atoms with van der Waals surface area (Å²) < 4.78 is 4.37. The summed E-state index contributed by atoms with van der Waals surface area (Å²) >= 11 is 0. The van der Waals surface area contributed by atoms with Crippen LogP contribution in [0, 0.1) is 0 Å². The quantitative estimate of drug-likeness (QED) is 0.593. The number of hydrogen-bond acceptors (Lipinski definition) is 7. The lowest BCUT2D eigenvalue weighted by Crippen LogP contribution is -2.46. The van der Waals surface area contributed by atoms with E-state index in [1.54, 1.807) is 0 Å². The van der Waals surface area contributed by atoms with Crippen molar-refractivity contribution in [3.63, 3.8) is 0 Å². The topological polar surface area (TPSA) is 140 Å². The van der Waals surface area contributed by atoms with Crippen molar-refractivity contribution < 1.29 is 14.2 Å². The van der Waals surface area contributed by atoms with E-state index in [4.69, 9.17) is 11.5 Å². The number of carbonyl (C=O) groups excluding carboxylic acids is 2. The molecule has 5 N–H and O–H groups in total. The largest absolute Gasteiger partial charge is 0.379 e. The fourth-order valence-electron chi connectivity index (χ4n) is 2.06. The molecule has 19 heavy (non-hydrogen) atoms. The Bertz CT molecular complexity index is 466. The number of primary amides is 1. The standard InChI is InChI=1S/C10H16N6O3/c11-7(17)5-16-3-1-6(2-4-16)13-10(18)8-9(12)15-19-14-8/h6H,1-5H2,(H2,11,17)(H2,12,15)(H,13,18). The van der Waals surface area contributed by atoms with Gasteiger partial charge in [-0.2, -0.15) is 0 Å². The lowest BCUT2D eigenvalue weighted by atomic mass is 10.0. The van der Waals surface area contributed by atoms with Crippen LogP contribution in [0.25, 0.3) is 0 Å². The average molecular weight is 268 g/mol. The molecule has 0 atom stereocenters. The minimum Gasteiger partial charge on any atom is -0.379 e. The molecular weight excluding hydrogens is 252 g/mol. The van der Waals surface area contributed by atoms with Gasteiger partial charge in [-0.05, 0) is 23.2 Å². The third-order valence-electron chi connectivity index (χ3n) is 3.03. The Balaban J connectivity index is 1.81. The first-order chi connectivity index (χ1) is 9.06. The number of carbonyl (C=O) groups is 2. The number of nitrogens with two attached hydrogens (primary N) is 2. The van der Waals surface area contributed by atoms with Gasteiger partial charge in [-0.25, -0.2) is 4.63 Å². The minimum atomic E-state index is -0.396. The van der Waals surface area contributed by atoms with Crippen LogP contribution in [0.3, 0.4) is 0 Å². The summed E-state index contributed by atoms with van der Waals surface area (Å²) in [6.07, 6.45) is 1.48. The van der Waals surface area contributed by atoms with Crippen LogP contribution < -0.4 is 16.8 Å². The lowest BCUT2D eigenvalue weighted by Gasteiger charge is -2.31. The molecule has 0 unspecified atom stereocenters. The van der Waals surface area contributed by atoms with Crippen molar-refractivity contribution in [3.05, 3.63) is 5.69 Å². The molecule has 9 heteroatoms. The van der Waals surface area contributed by atoms with Crippen molar-refractivity contribution in [2.45, 2.75) is 18.9 Å². The molecule has 1 saturated heterocycles. The molecule has 1 aromatic rings. The maximum absolute atomic E-state index is 11.8. The number of amides is 2.